The van der Waals surface area contributed by atoms with Gasteiger partial charge in [-0.2, -0.15) is 0 Å². The molecule has 1 atom stereocenters. The monoisotopic (exact) mass is 204 g/mol. The van der Waals surface area contributed by atoms with Crippen molar-refractivity contribution in [3.05, 3.63) is 35.4 Å². The van der Waals surface area contributed by atoms with E-state index in [-0.39, 0.29) is 12.3 Å². The molecule has 1 aliphatic carbocycles. The minimum atomic E-state index is -0.784. The lowest BCUT2D eigenvalue weighted by molar-refractivity contribution is -0.137. The smallest absolute Gasteiger partial charge is 0.304 e. The molecule has 1 aromatic rings. The number of allylic oxidation sites excluding steroid dienone is 2. The fourth-order valence-electron chi connectivity index (χ4n) is 1.56. The summed E-state index contributed by atoms with van der Waals surface area (Å²) in [6.07, 6.45) is 6.53. The van der Waals surface area contributed by atoms with Gasteiger partial charge in [-0.15, -0.1) is 0 Å². The molecule has 0 unspecified atom stereocenters. The molecule has 1 heterocycles. The molecule has 0 saturated carbocycles. The van der Waals surface area contributed by atoms with E-state index in [1.165, 1.54) is 5.57 Å². The van der Waals surface area contributed by atoms with Crippen molar-refractivity contribution in [2.75, 3.05) is 0 Å². The highest BCUT2D eigenvalue weighted by molar-refractivity contribution is 5.69. The van der Waals surface area contributed by atoms with Crippen molar-refractivity contribution in [2.24, 2.45) is 0 Å². The Balaban J connectivity index is 2.20. The van der Waals surface area contributed by atoms with Crippen LogP contribution in [0, 0.1) is 6.92 Å². The number of nitrogens with zero attached hydrogens (tertiary/aromatic N) is 2. The van der Waals surface area contributed by atoms with Crippen LogP contribution < -0.4 is 0 Å². The fraction of sp³-hybridized carbons (Fsp3) is 0.364. The Kier molecular flexibility index (Phi) is 2.49. The average molecular weight is 204 g/mol. The number of hydrogen-bond acceptors (Lipinski definition) is 3. The summed E-state index contributed by atoms with van der Waals surface area (Å²) in [7, 11) is 0. The molecular weight excluding hydrogens is 192 g/mol. The number of carbonyl (C=O) groups is 1. The standard InChI is InChI=1S/C11H12N2O2/c1-7-12-5-9(6-13-7)10(4-11(14)15)8-2-3-8/h2,5-6,10H,3-4H2,1H3,(H,14,15)/t10-/m0/s1. The Labute approximate surface area is 87.7 Å². The molecule has 0 bridgehead atoms. The molecule has 0 aliphatic heterocycles. The third-order valence-electron chi connectivity index (χ3n) is 2.47. The summed E-state index contributed by atoms with van der Waals surface area (Å²) in [5.41, 5.74) is 2.08. The van der Waals surface area contributed by atoms with Crippen LogP contribution in [0.4, 0.5) is 0 Å². The molecule has 4 heteroatoms. The van der Waals surface area contributed by atoms with Gasteiger partial charge in [0, 0.05) is 18.3 Å². The number of rotatable bonds is 4. The number of carboxylic acids is 1. The van der Waals surface area contributed by atoms with E-state index in [2.05, 4.69) is 9.97 Å². The Morgan fingerprint density at radius 1 is 1.53 bits per heavy atom. The van der Waals surface area contributed by atoms with Gasteiger partial charge in [-0.25, -0.2) is 9.97 Å². The average Bonchev–Trinajstić information content (AvgIpc) is 2.99. The summed E-state index contributed by atoms with van der Waals surface area (Å²) in [6, 6.07) is 0. The van der Waals surface area contributed by atoms with E-state index >= 15 is 0 Å². The highest BCUT2D eigenvalue weighted by atomic mass is 16.4. The van der Waals surface area contributed by atoms with Gasteiger partial charge in [0.1, 0.15) is 5.82 Å². The summed E-state index contributed by atoms with van der Waals surface area (Å²) in [6.45, 7) is 1.81. The zero-order chi connectivity index (χ0) is 10.8. The second-order valence-corrected chi connectivity index (χ2v) is 3.70. The molecule has 78 valence electrons. The Morgan fingerprint density at radius 2 is 2.13 bits per heavy atom. The topological polar surface area (TPSA) is 63.1 Å². The lowest BCUT2D eigenvalue weighted by Crippen LogP contribution is -2.06. The van der Waals surface area contributed by atoms with Gasteiger partial charge in [0.05, 0.1) is 6.42 Å². The van der Waals surface area contributed by atoms with E-state index in [9.17, 15) is 4.79 Å². The van der Waals surface area contributed by atoms with Crippen LogP contribution in [0.2, 0.25) is 0 Å². The largest absolute Gasteiger partial charge is 0.481 e. The maximum Gasteiger partial charge on any atom is 0.304 e. The summed E-state index contributed by atoms with van der Waals surface area (Å²) < 4.78 is 0. The zero-order valence-electron chi connectivity index (χ0n) is 8.47. The molecule has 4 nitrogen and oxygen atoms in total. The Hall–Kier alpha value is -1.71. The van der Waals surface area contributed by atoms with Crippen molar-refractivity contribution in [3.63, 3.8) is 0 Å². The molecule has 0 spiro atoms. The molecule has 1 N–H and O–H groups in total. The first kappa shape index (κ1) is 9.83. The molecule has 0 amide bonds. The third-order valence-corrected chi connectivity index (χ3v) is 2.47. The van der Waals surface area contributed by atoms with Crippen LogP contribution in [0.15, 0.2) is 24.0 Å². The number of hydrogen-bond donors (Lipinski definition) is 1. The van der Waals surface area contributed by atoms with Crippen LogP contribution in [0.25, 0.3) is 0 Å². The van der Waals surface area contributed by atoms with Gasteiger partial charge in [-0.1, -0.05) is 11.6 Å². The number of aliphatic carboxylic acids is 1. The summed E-state index contributed by atoms with van der Waals surface area (Å²) in [5, 5.41) is 8.81. The summed E-state index contributed by atoms with van der Waals surface area (Å²) >= 11 is 0. The third kappa shape index (κ3) is 2.40. The van der Waals surface area contributed by atoms with Crippen molar-refractivity contribution in [3.8, 4) is 0 Å². The lowest BCUT2D eigenvalue weighted by Gasteiger charge is -2.11. The van der Waals surface area contributed by atoms with Crippen LogP contribution in [0.1, 0.15) is 30.1 Å². The second kappa shape index (κ2) is 3.81. The normalized spacial score (nSPS) is 15.7. The van der Waals surface area contributed by atoms with Gasteiger partial charge < -0.3 is 5.11 Å². The molecule has 1 aliphatic rings. The van der Waals surface area contributed by atoms with E-state index in [1.54, 1.807) is 12.4 Å². The fourth-order valence-corrected chi connectivity index (χ4v) is 1.56. The predicted octanol–water partition coefficient (Wildman–Crippen LogP) is 1.67. The number of carboxylic acid groups (broad SMARTS) is 1. The van der Waals surface area contributed by atoms with Crippen molar-refractivity contribution in [2.45, 2.75) is 25.7 Å². The Bertz CT molecular complexity index is 409. The van der Waals surface area contributed by atoms with Crippen LogP contribution >= 0.6 is 0 Å². The van der Waals surface area contributed by atoms with Gasteiger partial charge in [-0.3, -0.25) is 4.79 Å². The lowest BCUT2D eigenvalue weighted by atomic mass is 9.95. The molecule has 0 saturated heterocycles. The van der Waals surface area contributed by atoms with Crippen molar-refractivity contribution >= 4 is 5.97 Å². The predicted molar refractivity (Wildman–Crippen MR) is 54.5 cm³/mol. The first-order valence-electron chi connectivity index (χ1n) is 4.86. The molecule has 0 aromatic carbocycles. The molecule has 15 heavy (non-hydrogen) atoms. The minimum Gasteiger partial charge on any atom is -0.481 e. The van der Waals surface area contributed by atoms with Gasteiger partial charge in [-0.05, 0) is 18.9 Å². The quantitative estimate of drug-likeness (QED) is 0.758. The molecule has 0 radical (unpaired) electrons. The van der Waals surface area contributed by atoms with E-state index in [0.717, 1.165) is 12.0 Å². The van der Waals surface area contributed by atoms with E-state index in [0.29, 0.717) is 5.82 Å². The highest BCUT2D eigenvalue weighted by Gasteiger charge is 2.25. The first-order chi connectivity index (χ1) is 7.16. The van der Waals surface area contributed by atoms with Crippen molar-refractivity contribution in [1.29, 1.82) is 0 Å². The minimum absolute atomic E-state index is 0.0388. The maximum absolute atomic E-state index is 10.7. The van der Waals surface area contributed by atoms with Gasteiger partial charge in [0.25, 0.3) is 0 Å². The zero-order valence-corrected chi connectivity index (χ0v) is 8.47. The van der Waals surface area contributed by atoms with E-state index < -0.39 is 5.97 Å². The molecule has 2 rings (SSSR count). The van der Waals surface area contributed by atoms with E-state index in [1.807, 2.05) is 13.0 Å². The SMILES string of the molecule is Cc1ncc([C@@H](CC(=O)O)C2=CC2)cn1. The van der Waals surface area contributed by atoms with Crippen LogP contribution in [-0.4, -0.2) is 21.0 Å². The maximum atomic E-state index is 10.7. The summed E-state index contributed by atoms with van der Waals surface area (Å²) in [4.78, 5) is 18.9. The Morgan fingerprint density at radius 3 is 2.60 bits per heavy atom. The van der Waals surface area contributed by atoms with Gasteiger partial charge in [0.2, 0.25) is 0 Å². The molecule has 1 aromatic heterocycles. The van der Waals surface area contributed by atoms with Crippen LogP contribution in [0.3, 0.4) is 0 Å². The summed E-state index contributed by atoms with van der Waals surface area (Å²) in [5.74, 6) is -0.117. The van der Waals surface area contributed by atoms with Gasteiger partial charge in [0.15, 0.2) is 0 Å². The molecular formula is C11H12N2O2. The first-order valence-corrected chi connectivity index (χ1v) is 4.86. The highest BCUT2D eigenvalue weighted by Crippen LogP contribution is 2.37. The van der Waals surface area contributed by atoms with Crippen molar-refractivity contribution in [1.82, 2.24) is 9.97 Å². The molecule has 0 fully saturated rings. The van der Waals surface area contributed by atoms with Gasteiger partial charge >= 0.3 is 5.97 Å². The number of aryl methyl sites for hydroxylation is 1. The second-order valence-electron chi connectivity index (χ2n) is 3.70. The number of aromatic nitrogens is 2. The van der Waals surface area contributed by atoms with E-state index in [4.69, 9.17) is 5.11 Å². The van der Waals surface area contributed by atoms with Crippen molar-refractivity contribution < 1.29 is 9.90 Å². The van der Waals surface area contributed by atoms with Crippen LogP contribution in [0.5, 0.6) is 0 Å². The van der Waals surface area contributed by atoms with Crippen LogP contribution in [-0.2, 0) is 4.79 Å².